The summed E-state index contributed by atoms with van der Waals surface area (Å²) in [7, 11) is -1.63. The Balaban J connectivity index is 1.82. The van der Waals surface area contributed by atoms with E-state index >= 15 is 0 Å². The second-order valence-corrected chi connectivity index (χ2v) is 10.6. The number of ether oxygens (including phenoxy) is 1. The maximum atomic E-state index is 12.6. The number of aliphatic imine (C=N–C) groups is 1. The summed E-state index contributed by atoms with van der Waals surface area (Å²) in [5.74, 6) is 0.639. The zero-order valence-electron chi connectivity index (χ0n) is 16.9. The molecule has 2 N–H and O–H groups in total. The summed E-state index contributed by atoms with van der Waals surface area (Å²) in [5.41, 5.74) is -0.0298. The third-order valence-electron chi connectivity index (χ3n) is 4.54. The third-order valence-corrected chi connectivity index (χ3v) is 7.58. The lowest BCUT2D eigenvalue weighted by atomic mass is 9.91. The Morgan fingerprint density at radius 3 is 2.56 bits per heavy atom. The number of thiophene rings is 1. The predicted molar refractivity (Wildman–Crippen MR) is 112 cm³/mol. The van der Waals surface area contributed by atoms with Crippen LogP contribution in [0.5, 0.6) is 0 Å². The molecular weight excluding hydrogens is 384 g/mol. The van der Waals surface area contributed by atoms with Gasteiger partial charge in [-0.25, -0.2) is 8.42 Å². The summed E-state index contributed by atoms with van der Waals surface area (Å²) in [6.45, 7) is 9.98. The Bertz CT molecular complexity index is 707. The van der Waals surface area contributed by atoms with Gasteiger partial charge in [-0.05, 0) is 25.3 Å². The molecule has 1 fully saturated rings. The topological polar surface area (TPSA) is 83.0 Å². The van der Waals surface area contributed by atoms with Gasteiger partial charge in [-0.1, -0.05) is 19.9 Å². The molecule has 27 heavy (non-hydrogen) atoms. The van der Waals surface area contributed by atoms with E-state index in [9.17, 15) is 8.42 Å². The number of hydrogen-bond acceptors (Lipinski definition) is 5. The Hall–Kier alpha value is -1.16. The lowest BCUT2D eigenvalue weighted by molar-refractivity contribution is -0.0440. The Kier molecular flexibility index (Phi) is 7.67. The fourth-order valence-electron chi connectivity index (χ4n) is 3.06. The Morgan fingerprint density at radius 1 is 1.33 bits per heavy atom. The van der Waals surface area contributed by atoms with Gasteiger partial charge in [0, 0.05) is 43.5 Å². The number of rotatable bonds is 7. The highest BCUT2D eigenvalue weighted by Gasteiger charge is 2.30. The molecule has 1 aliphatic rings. The lowest BCUT2D eigenvalue weighted by Gasteiger charge is -2.34. The van der Waals surface area contributed by atoms with E-state index in [1.807, 2.05) is 19.9 Å². The van der Waals surface area contributed by atoms with Crippen molar-refractivity contribution in [1.29, 1.82) is 0 Å². The smallest absolute Gasteiger partial charge is 0.216 e. The van der Waals surface area contributed by atoms with E-state index in [0.29, 0.717) is 32.1 Å². The van der Waals surface area contributed by atoms with Gasteiger partial charge >= 0.3 is 0 Å². The first-order valence-corrected chi connectivity index (χ1v) is 11.7. The number of nitrogens with zero attached hydrogens (tertiary/aromatic N) is 2. The van der Waals surface area contributed by atoms with Crippen molar-refractivity contribution in [3.63, 3.8) is 0 Å². The van der Waals surface area contributed by atoms with Crippen LogP contribution in [0, 0.1) is 0 Å². The van der Waals surface area contributed by atoms with Crippen LogP contribution in [0.1, 0.15) is 32.6 Å². The maximum absolute atomic E-state index is 12.6. The molecule has 154 valence electrons. The summed E-state index contributed by atoms with van der Waals surface area (Å²) in [6, 6.07) is 4.17. The van der Waals surface area contributed by atoms with Gasteiger partial charge in [0.25, 0.3) is 0 Å². The van der Waals surface area contributed by atoms with E-state index in [1.54, 1.807) is 18.4 Å². The van der Waals surface area contributed by atoms with Crippen LogP contribution in [-0.4, -0.2) is 69.9 Å². The molecule has 2 rings (SSSR count). The number of hydrogen-bond donors (Lipinski definition) is 2. The lowest BCUT2D eigenvalue weighted by Crippen LogP contribution is -2.50. The summed E-state index contributed by atoms with van der Waals surface area (Å²) >= 11 is 1.73. The average Bonchev–Trinajstić information content (AvgIpc) is 3.12. The summed E-state index contributed by atoms with van der Waals surface area (Å²) in [5, 5.41) is 8.48. The van der Waals surface area contributed by atoms with Crippen molar-refractivity contribution in [1.82, 2.24) is 14.9 Å². The molecular formula is C18H32N4O3S2. The van der Waals surface area contributed by atoms with Gasteiger partial charge in [0.2, 0.25) is 10.0 Å². The minimum absolute atomic E-state index is 0.0292. The molecule has 2 atom stereocenters. The second kappa shape index (κ2) is 9.36. The van der Waals surface area contributed by atoms with Crippen molar-refractivity contribution in [3.8, 4) is 0 Å². The van der Waals surface area contributed by atoms with Gasteiger partial charge in [0.05, 0.1) is 18.0 Å². The monoisotopic (exact) mass is 416 g/mol. The highest BCUT2D eigenvalue weighted by atomic mass is 32.2. The van der Waals surface area contributed by atoms with E-state index in [1.165, 1.54) is 9.18 Å². The largest absolute Gasteiger partial charge is 0.373 e. The number of guanidine groups is 1. The third kappa shape index (κ3) is 6.44. The van der Waals surface area contributed by atoms with Gasteiger partial charge in [-0.2, -0.15) is 4.31 Å². The molecule has 0 saturated carbocycles. The first kappa shape index (κ1) is 22.1. The SMILES string of the molecule is CN=C(NCCS(=O)(=O)N1CC(C)OC(C)C1)NCC(C)(C)c1cccs1. The molecule has 0 aromatic carbocycles. The highest BCUT2D eigenvalue weighted by molar-refractivity contribution is 7.89. The molecule has 0 bridgehead atoms. The highest BCUT2D eigenvalue weighted by Crippen LogP contribution is 2.26. The molecule has 0 spiro atoms. The van der Waals surface area contributed by atoms with Gasteiger partial charge in [-0.15, -0.1) is 11.3 Å². The Morgan fingerprint density at radius 2 is 2.00 bits per heavy atom. The fraction of sp³-hybridized carbons (Fsp3) is 0.722. The number of sulfonamides is 1. The van der Waals surface area contributed by atoms with Crippen LogP contribution in [0.4, 0.5) is 0 Å². The van der Waals surface area contributed by atoms with Crippen LogP contribution < -0.4 is 10.6 Å². The van der Waals surface area contributed by atoms with Crippen LogP contribution in [0.3, 0.4) is 0 Å². The van der Waals surface area contributed by atoms with Crippen molar-refractivity contribution >= 4 is 27.3 Å². The van der Waals surface area contributed by atoms with Crippen LogP contribution in [0.15, 0.2) is 22.5 Å². The number of nitrogens with one attached hydrogen (secondary N) is 2. The number of morpholine rings is 1. The van der Waals surface area contributed by atoms with Crippen molar-refractivity contribution in [2.45, 2.75) is 45.3 Å². The summed E-state index contributed by atoms with van der Waals surface area (Å²) < 4.78 is 32.3. The Labute approximate surface area is 167 Å². The summed E-state index contributed by atoms with van der Waals surface area (Å²) in [6.07, 6.45) is -0.157. The van der Waals surface area contributed by atoms with Crippen molar-refractivity contribution < 1.29 is 13.2 Å². The molecule has 7 nitrogen and oxygen atoms in total. The molecule has 2 heterocycles. The van der Waals surface area contributed by atoms with E-state index in [-0.39, 0.29) is 23.4 Å². The van der Waals surface area contributed by atoms with Crippen molar-refractivity contribution in [3.05, 3.63) is 22.4 Å². The maximum Gasteiger partial charge on any atom is 0.216 e. The van der Waals surface area contributed by atoms with Crippen LogP contribution in [0.25, 0.3) is 0 Å². The standard InChI is InChI=1S/C18H32N4O3S2/c1-14-11-22(12-15(2)25-14)27(23,24)10-8-20-17(19-5)21-13-18(3,4)16-7-6-9-26-16/h6-7,9,14-15H,8,10-13H2,1-5H3,(H2,19,20,21). The van der Waals surface area contributed by atoms with Crippen LogP contribution in [0.2, 0.25) is 0 Å². The first-order chi connectivity index (χ1) is 12.6. The van der Waals surface area contributed by atoms with Crippen molar-refractivity contribution in [2.24, 2.45) is 4.99 Å². The van der Waals surface area contributed by atoms with Gasteiger partial charge in [0.1, 0.15) is 0 Å². The molecule has 0 radical (unpaired) electrons. The minimum Gasteiger partial charge on any atom is -0.373 e. The van der Waals surface area contributed by atoms with Crippen molar-refractivity contribution in [2.75, 3.05) is 39.0 Å². The van der Waals surface area contributed by atoms with E-state index < -0.39 is 10.0 Å². The predicted octanol–water partition coefficient (Wildman–Crippen LogP) is 1.63. The molecule has 1 aromatic heterocycles. The van der Waals surface area contributed by atoms with E-state index in [4.69, 9.17) is 4.74 Å². The average molecular weight is 417 g/mol. The van der Waals surface area contributed by atoms with Gasteiger partial charge in [-0.3, -0.25) is 4.99 Å². The molecule has 1 saturated heterocycles. The molecule has 1 aromatic rings. The van der Waals surface area contributed by atoms with E-state index in [2.05, 4.69) is 40.9 Å². The van der Waals surface area contributed by atoms with Crippen LogP contribution >= 0.6 is 11.3 Å². The quantitative estimate of drug-likeness (QED) is 0.521. The molecule has 2 unspecified atom stereocenters. The van der Waals surface area contributed by atoms with Crippen LogP contribution in [-0.2, 0) is 20.2 Å². The second-order valence-electron chi connectivity index (χ2n) is 7.60. The zero-order chi connectivity index (χ0) is 20.1. The molecule has 0 aliphatic carbocycles. The fourth-order valence-corrected chi connectivity index (χ4v) is 5.41. The molecule has 1 aliphatic heterocycles. The first-order valence-electron chi connectivity index (χ1n) is 9.26. The van der Waals surface area contributed by atoms with Gasteiger partial charge in [0.15, 0.2) is 5.96 Å². The van der Waals surface area contributed by atoms with Gasteiger partial charge < -0.3 is 15.4 Å². The minimum atomic E-state index is -3.32. The van der Waals surface area contributed by atoms with E-state index in [0.717, 1.165) is 0 Å². The molecule has 9 heteroatoms. The molecule has 0 amide bonds. The summed E-state index contributed by atoms with van der Waals surface area (Å²) in [4.78, 5) is 5.49. The zero-order valence-corrected chi connectivity index (χ0v) is 18.5. The normalized spacial score (nSPS) is 22.6.